The molecule has 0 amide bonds. The summed E-state index contributed by atoms with van der Waals surface area (Å²) >= 11 is 0. The molecule has 20 heavy (non-hydrogen) atoms. The zero-order valence-corrected chi connectivity index (χ0v) is 12.4. The highest BCUT2D eigenvalue weighted by Gasteiger charge is 2.10. The minimum absolute atomic E-state index is 0.194. The molecular formula is C18H22FN. The number of anilines is 1. The lowest BCUT2D eigenvalue weighted by Gasteiger charge is -2.18. The van der Waals surface area contributed by atoms with Gasteiger partial charge >= 0.3 is 0 Å². The van der Waals surface area contributed by atoms with Crippen molar-refractivity contribution in [2.24, 2.45) is 5.41 Å². The van der Waals surface area contributed by atoms with Crippen LogP contribution in [0.2, 0.25) is 0 Å². The Morgan fingerprint density at radius 2 is 1.40 bits per heavy atom. The van der Waals surface area contributed by atoms with Gasteiger partial charge in [0.25, 0.3) is 0 Å². The molecule has 0 unspecified atom stereocenters. The van der Waals surface area contributed by atoms with Crippen LogP contribution in [0.15, 0.2) is 48.5 Å². The molecule has 0 aliphatic rings. The van der Waals surface area contributed by atoms with Crippen LogP contribution in [0, 0.1) is 11.2 Å². The Bertz CT molecular complexity index is 535. The van der Waals surface area contributed by atoms with Gasteiger partial charge in [0.2, 0.25) is 0 Å². The maximum Gasteiger partial charge on any atom is 0.123 e. The van der Waals surface area contributed by atoms with Crippen molar-refractivity contribution in [1.29, 1.82) is 0 Å². The zero-order chi connectivity index (χ0) is 14.6. The maximum absolute atomic E-state index is 12.8. The third-order valence-corrected chi connectivity index (χ3v) is 3.10. The van der Waals surface area contributed by atoms with Crippen LogP contribution >= 0.6 is 0 Å². The number of hydrogen-bond donors (Lipinski definition) is 1. The molecule has 0 aliphatic heterocycles. The van der Waals surface area contributed by atoms with Crippen molar-refractivity contribution in [1.82, 2.24) is 0 Å². The molecule has 0 saturated heterocycles. The number of halogens is 1. The van der Waals surface area contributed by atoms with Crippen molar-refractivity contribution >= 4 is 5.69 Å². The van der Waals surface area contributed by atoms with E-state index in [2.05, 4.69) is 50.4 Å². The molecule has 0 aliphatic carbocycles. The monoisotopic (exact) mass is 271 g/mol. The molecule has 106 valence electrons. The van der Waals surface area contributed by atoms with Crippen molar-refractivity contribution in [2.75, 3.05) is 5.32 Å². The molecule has 0 aromatic heterocycles. The first kappa shape index (κ1) is 14.6. The number of rotatable bonds is 4. The van der Waals surface area contributed by atoms with Crippen molar-refractivity contribution in [2.45, 2.75) is 33.7 Å². The quantitative estimate of drug-likeness (QED) is 0.822. The van der Waals surface area contributed by atoms with Gasteiger partial charge in [-0.2, -0.15) is 0 Å². The summed E-state index contributed by atoms with van der Waals surface area (Å²) < 4.78 is 12.8. The van der Waals surface area contributed by atoms with Crippen LogP contribution in [0.4, 0.5) is 10.1 Å². The summed E-state index contributed by atoms with van der Waals surface area (Å²) in [6.07, 6.45) is 1.07. The Morgan fingerprint density at radius 1 is 0.850 bits per heavy atom. The van der Waals surface area contributed by atoms with Crippen LogP contribution in [0.25, 0.3) is 0 Å². The van der Waals surface area contributed by atoms with Gasteiger partial charge in [-0.05, 0) is 47.2 Å². The summed E-state index contributed by atoms with van der Waals surface area (Å²) in [6.45, 7) is 7.44. The highest BCUT2D eigenvalue weighted by Crippen LogP contribution is 2.21. The fourth-order valence-corrected chi connectivity index (χ4v) is 2.16. The van der Waals surface area contributed by atoms with E-state index in [0.29, 0.717) is 12.0 Å². The predicted octanol–water partition coefficient (Wildman–Crippen LogP) is 5.03. The summed E-state index contributed by atoms with van der Waals surface area (Å²) in [5.74, 6) is -0.194. The lowest BCUT2D eigenvalue weighted by atomic mass is 9.88. The van der Waals surface area contributed by atoms with E-state index in [1.165, 1.54) is 17.7 Å². The first-order valence-corrected chi connectivity index (χ1v) is 7.00. The summed E-state index contributed by atoms with van der Waals surface area (Å²) in [5.41, 5.74) is 3.82. The molecule has 0 heterocycles. The summed E-state index contributed by atoms with van der Waals surface area (Å²) in [7, 11) is 0. The molecule has 2 aromatic carbocycles. The van der Waals surface area contributed by atoms with E-state index in [0.717, 1.165) is 17.7 Å². The van der Waals surface area contributed by atoms with Gasteiger partial charge in [-0.3, -0.25) is 0 Å². The van der Waals surface area contributed by atoms with Gasteiger partial charge in [0.05, 0.1) is 0 Å². The molecule has 0 fully saturated rings. The Balaban J connectivity index is 1.92. The standard InChI is InChI=1S/C18H22FN/c1-18(2,3)12-14-6-10-17(11-7-14)20-13-15-4-8-16(19)9-5-15/h4-11,20H,12-13H2,1-3H3. The SMILES string of the molecule is CC(C)(C)Cc1ccc(NCc2ccc(F)cc2)cc1. The van der Waals surface area contributed by atoms with E-state index in [1.807, 2.05) is 0 Å². The molecule has 0 spiro atoms. The molecule has 2 heteroatoms. The van der Waals surface area contributed by atoms with Gasteiger partial charge in [0, 0.05) is 12.2 Å². The highest BCUT2D eigenvalue weighted by molar-refractivity contribution is 5.45. The Hall–Kier alpha value is -1.83. The Morgan fingerprint density at radius 3 is 1.95 bits per heavy atom. The normalized spacial score (nSPS) is 11.4. The number of hydrogen-bond acceptors (Lipinski definition) is 1. The summed E-state index contributed by atoms with van der Waals surface area (Å²) in [5, 5.41) is 3.35. The van der Waals surface area contributed by atoms with Crippen LogP contribution in [0.5, 0.6) is 0 Å². The van der Waals surface area contributed by atoms with Crippen molar-refractivity contribution in [3.05, 3.63) is 65.5 Å². The van der Waals surface area contributed by atoms with Crippen LogP contribution in [-0.4, -0.2) is 0 Å². The zero-order valence-electron chi connectivity index (χ0n) is 12.4. The van der Waals surface area contributed by atoms with E-state index < -0.39 is 0 Å². The molecular weight excluding hydrogens is 249 g/mol. The van der Waals surface area contributed by atoms with Gasteiger partial charge in [-0.1, -0.05) is 45.0 Å². The van der Waals surface area contributed by atoms with Crippen LogP contribution in [-0.2, 0) is 13.0 Å². The van der Waals surface area contributed by atoms with Crippen molar-refractivity contribution in [3.8, 4) is 0 Å². The van der Waals surface area contributed by atoms with Gasteiger partial charge in [0.15, 0.2) is 0 Å². The van der Waals surface area contributed by atoms with Gasteiger partial charge in [0.1, 0.15) is 5.82 Å². The average molecular weight is 271 g/mol. The lowest BCUT2D eigenvalue weighted by Crippen LogP contribution is -2.09. The van der Waals surface area contributed by atoms with Crippen LogP contribution < -0.4 is 5.32 Å². The van der Waals surface area contributed by atoms with E-state index in [9.17, 15) is 4.39 Å². The van der Waals surface area contributed by atoms with E-state index in [1.54, 1.807) is 12.1 Å². The second-order valence-corrected chi connectivity index (χ2v) is 6.41. The second kappa shape index (κ2) is 6.08. The minimum atomic E-state index is -0.194. The first-order chi connectivity index (χ1) is 9.42. The molecule has 1 N–H and O–H groups in total. The molecule has 2 aromatic rings. The first-order valence-electron chi connectivity index (χ1n) is 7.00. The van der Waals surface area contributed by atoms with Crippen LogP contribution in [0.3, 0.4) is 0 Å². The predicted molar refractivity (Wildman–Crippen MR) is 83.3 cm³/mol. The maximum atomic E-state index is 12.8. The fraction of sp³-hybridized carbons (Fsp3) is 0.333. The molecule has 0 atom stereocenters. The topological polar surface area (TPSA) is 12.0 Å². The Kier molecular flexibility index (Phi) is 4.43. The van der Waals surface area contributed by atoms with E-state index in [-0.39, 0.29) is 5.82 Å². The molecule has 0 saturated carbocycles. The van der Waals surface area contributed by atoms with Gasteiger partial charge in [-0.25, -0.2) is 4.39 Å². The molecule has 0 bridgehead atoms. The number of benzene rings is 2. The molecule has 2 rings (SSSR count). The largest absolute Gasteiger partial charge is 0.381 e. The van der Waals surface area contributed by atoms with Crippen molar-refractivity contribution < 1.29 is 4.39 Å². The van der Waals surface area contributed by atoms with E-state index >= 15 is 0 Å². The smallest absolute Gasteiger partial charge is 0.123 e. The third-order valence-electron chi connectivity index (χ3n) is 3.10. The second-order valence-electron chi connectivity index (χ2n) is 6.41. The number of nitrogens with one attached hydrogen (secondary N) is 1. The van der Waals surface area contributed by atoms with Crippen molar-refractivity contribution in [3.63, 3.8) is 0 Å². The molecule has 1 nitrogen and oxygen atoms in total. The Labute approximate surface area is 120 Å². The summed E-state index contributed by atoms with van der Waals surface area (Å²) in [4.78, 5) is 0. The summed E-state index contributed by atoms with van der Waals surface area (Å²) in [6, 6.07) is 15.1. The van der Waals surface area contributed by atoms with Gasteiger partial charge in [-0.15, -0.1) is 0 Å². The van der Waals surface area contributed by atoms with E-state index in [4.69, 9.17) is 0 Å². The highest BCUT2D eigenvalue weighted by atomic mass is 19.1. The van der Waals surface area contributed by atoms with Gasteiger partial charge < -0.3 is 5.32 Å². The minimum Gasteiger partial charge on any atom is -0.381 e. The third kappa shape index (κ3) is 4.69. The fourth-order valence-electron chi connectivity index (χ4n) is 2.16. The molecule has 0 radical (unpaired) electrons. The average Bonchev–Trinajstić information content (AvgIpc) is 2.38. The van der Waals surface area contributed by atoms with Crippen LogP contribution in [0.1, 0.15) is 31.9 Å². The lowest BCUT2D eigenvalue weighted by molar-refractivity contribution is 0.411.